The van der Waals surface area contributed by atoms with Crippen molar-refractivity contribution in [2.75, 3.05) is 0 Å². The van der Waals surface area contributed by atoms with Gasteiger partial charge in [0.15, 0.2) is 11.6 Å². The van der Waals surface area contributed by atoms with Crippen molar-refractivity contribution in [2.45, 2.75) is 13.1 Å². The lowest BCUT2D eigenvalue weighted by Crippen LogP contribution is -2.50. The van der Waals surface area contributed by atoms with Crippen LogP contribution in [0.5, 0.6) is 0 Å². The van der Waals surface area contributed by atoms with E-state index in [1.807, 2.05) is 6.07 Å². The fourth-order valence-corrected chi connectivity index (χ4v) is 10.4. The second-order valence-corrected chi connectivity index (χ2v) is 17.0. The van der Waals surface area contributed by atoms with Crippen molar-refractivity contribution in [2.24, 2.45) is 0 Å². The number of hydrogen-bond donors (Lipinski definition) is 0. The Morgan fingerprint density at radius 2 is 1.00 bits per heavy atom. The summed E-state index contributed by atoms with van der Waals surface area (Å²) in [6.45, 7) is 4.83. The number of nitrogens with zero attached hydrogens (tertiary/aromatic N) is 4. The minimum absolute atomic E-state index is 0.679. The van der Waals surface area contributed by atoms with E-state index in [0.717, 1.165) is 61.0 Å². The first kappa shape index (κ1) is 27.5. The molecule has 0 atom stereocenters. The van der Waals surface area contributed by atoms with E-state index in [9.17, 15) is 0 Å². The molecule has 2 aromatic heterocycles. The molecule has 0 amide bonds. The Balaban J connectivity index is 1.27. The van der Waals surface area contributed by atoms with Crippen LogP contribution in [0.25, 0.3) is 78.2 Å². The van der Waals surface area contributed by atoms with Gasteiger partial charge in [-0.1, -0.05) is 147 Å². The zero-order valence-corrected chi connectivity index (χ0v) is 27.1. The van der Waals surface area contributed by atoms with Crippen molar-refractivity contribution in [1.82, 2.24) is 19.9 Å². The zero-order valence-electron chi connectivity index (χ0n) is 26.1. The van der Waals surface area contributed by atoms with Crippen LogP contribution >= 0.6 is 0 Å². The van der Waals surface area contributed by atoms with Crippen LogP contribution in [0.4, 0.5) is 0 Å². The maximum atomic E-state index is 5.34. The third-order valence-corrected chi connectivity index (χ3v) is 13.0. The molecule has 0 unspecified atom stereocenters. The predicted octanol–water partition coefficient (Wildman–Crippen LogP) is 9.04. The summed E-state index contributed by atoms with van der Waals surface area (Å²) in [4.78, 5) is 21.1. The molecule has 3 heterocycles. The lowest BCUT2D eigenvalue weighted by molar-refractivity contribution is 1.20. The normalized spacial score (nSPS) is 13.1. The van der Waals surface area contributed by atoms with E-state index in [1.54, 1.807) is 0 Å². The van der Waals surface area contributed by atoms with Gasteiger partial charge < -0.3 is 0 Å². The van der Waals surface area contributed by atoms with E-state index in [2.05, 4.69) is 153 Å². The minimum Gasteiger partial charge on any atom is -0.228 e. The predicted molar refractivity (Wildman–Crippen MR) is 197 cm³/mol. The van der Waals surface area contributed by atoms with Crippen LogP contribution in [0, 0.1) is 0 Å². The summed E-state index contributed by atoms with van der Waals surface area (Å²) in [6.07, 6.45) is 0. The quantitative estimate of drug-likeness (QED) is 0.146. The fraction of sp³-hybridized carbons (Fsp3) is 0.0476. The maximum Gasteiger partial charge on any atom is 0.160 e. The lowest BCUT2D eigenvalue weighted by atomic mass is 10.0. The molecule has 6 aromatic carbocycles. The Hall–Kier alpha value is -5.78. The third kappa shape index (κ3) is 4.42. The number of aromatic nitrogens is 4. The van der Waals surface area contributed by atoms with Gasteiger partial charge in [0.25, 0.3) is 0 Å². The average Bonchev–Trinajstić information content (AvgIpc) is 3.37. The molecule has 4 nitrogen and oxygen atoms in total. The molecule has 0 radical (unpaired) electrons. The van der Waals surface area contributed by atoms with Crippen molar-refractivity contribution in [3.05, 3.63) is 146 Å². The first-order valence-electron chi connectivity index (χ1n) is 16.0. The van der Waals surface area contributed by atoms with E-state index in [4.69, 9.17) is 19.9 Å². The fourth-order valence-electron chi connectivity index (χ4n) is 7.16. The Morgan fingerprint density at radius 1 is 0.426 bits per heavy atom. The molecular weight excluding hydrogens is 589 g/mol. The van der Waals surface area contributed by atoms with Crippen molar-refractivity contribution in [3.8, 4) is 56.5 Å². The molecule has 47 heavy (non-hydrogen) atoms. The topological polar surface area (TPSA) is 51.6 Å². The number of rotatable bonds is 4. The second kappa shape index (κ2) is 10.6. The van der Waals surface area contributed by atoms with Crippen LogP contribution in [0.3, 0.4) is 0 Å². The molecule has 0 saturated carbocycles. The molecule has 9 rings (SSSR count). The molecule has 0 fully saturated rings. The van der Waals surface area contributed by atoms with Crippen LogP contribution in [0.1, 0.15) is 0 Å². The van der Waals surface area contributed by atoms with Gasteiger partial charge in [0.2, 0.25) is 0 Å². The molecule has 0 aliphatic carbocycles. The van der Waals surface area contributed by atoms with Crippen molar-refractivity contribution >= 4 is 40.1 Å². The van der Waals surface area contributed by atoms with Gasteiger partial charge in [-0.3, -0.25) is 0 Å². The second-order valence-electron chi connectivity index (χ2n) is 12.7. The van der Waals surface area contributed by atoms with E-state index in [-0.39, 0.29) is 0 Å². The highest BCUT2D eigenvalue weighted by molar-refractivity contribution is 7.04. The summed E-state index contributed by atoms with van der Waals surface area (Å²) in [7, 11) is -2.03. The monoisotopic (exact) mass is 618 g/mol. The van der Waals surface area contributed by atoms with Crippen LogP contribution in [0.2, 0.25) is 13.1 Å². The van der Waals surface area contributed by atoms with E-state index >= 15 is 0 Å². The molecule has 1 aliphatic heterocycles. The largest absolute Gasteiger partial charge is 0.228 e. The molecule has 0 N–H and O–H groups in total. The first-order valence-corrected chi connectivity index (χ1v) is 19.0. The SMILES string of the molecule is C[Si]1(C)c2ccccc2-c2nc(-c3cccc(-c4nc(-c5ccccc5)c5ccc6ccccc6c5n4)c3)nc(-c3ccccc3)c21. The maximum absolute atomic E-state index is 5.34. The van der Waals surface area contributed by atoms with Crippen LogP contribution < -0.4 is 10.4 Å². The zero-order chi connectivity index (χ0) is 31.5. The van der Waals surface area contributed by atoms with Gasteiger partial charge in [-0.25, -0.2) is 19.9 Å². The third-order valence-electron chi connectivity index (χ3n) is 9.45. The number of benzene rings is 6. The molecule has 0 saturated heterocycles. The van der Waals surface area contributed by atoms with E-state index in [1.165, 1.54) is 15.9 Å². The Morgan fingerprint density at radius 3 is 1.77 bits per heavy atom. The van der Waals surface area contributed by atoms with Gasteiger partial charge in [-0.15, -0.1) is 0 Å². The van der Waals surface area contributed by atoms with Gasteiger partial charge in [-0.05, 0) is 33.5 Å². The summed E-state index contributed by atoms with van der Waals surface area (Å²) in [5.74, 6) is 1.39. The molecule has 1 aliphatic rings. The lowest BCUT2D eigenvalue weighted by Gasteiger charge is -2.21. The molecule has 8 aromatic rings. The smallest absolute Gasteiger partial charge is 0.160 e. The van der Waals surface area contributed by atoms with Crippen LogP contribution in [0.15, 0.2) is 146 Å². The van der Waals surface area contributed by atoms with Crippen LogP contribution in [-0.4, -0.2) is 28.0 Å². The minimum atomic E-state index is -2.03. The van der Waals surface area contributed by atoms with Crippen LogP contribution in [-0.2, 0) is 0 Å². The molecular formula is C42H30N4Si. The summed E-state index contributed by atoms with van der Waals surface area (Å²) in [5, 5.41) is 6.03. The van der Waals surface area contributed by atoms with Gasteiger partial charge in [-0.2, -0.15) is 0 Å². The van der Waals surface area contributed by atoms with Gasteiger partial charge >= 0.3 is 0 Å². The molecule has 222 valence electrons. The first-order chi connectivity index (χ1) is 23.1. The Labute approximate surface area is 274 Å². The standard InChI is InChI=1S/C42H30N4Si/c1-47(2)35-23-12-11-22-33(35)39-40(47)37(29-17-7-4-8-18-29)44-42(46-39)31-20-13-19-30(26-31)41-43-36(28-15-5-3-6-16-28)34-25-24-27-14-9-10-21-32(27)38(34)45-41/h3-26H,1-2H3. The number of hydrogen-bond acceptors (Lipinski definition) is 4. The summed E-state index contributed by atoms with van der Waals surface area (Å²) < 4.78 is 0. The van der Waals surface area contributed by atoms with E-state index < -0.39 is 8.07 Å². The molecule has 0 spiro atoms. The highest BCUT2D eigenvalue weighted by atomic mass is 28.3. The summed E-state index contributed by atoms with van der Waals surface area (Å²) in [5.41, 5.74) is 9.24. The Kier molecular flexibility index (Phi) is 6.23. The van der Waals surface area contributed by atoms with Gasteiger partial charge in [0.1, 0.15) is 8.07 Å². The van der Waals surface area contributed by atoms with Gasteiger partial charge in [0.05, 0.1) is 22.6 Å². The summed E-state index contributed by atoms with van der Waals surface area (Å²) in [6, 6.07) is 50.8. The highest BCUT2D eigenvalue weighted by Crippen LogP contribution is 2.36. The summed E-state index contributed by atoms with van der Waals surface area (Å²) >= 11 is 0. The van der Waals surface area contributed by atoms with Crippen molar-refractivity contribution in [3.63, 3.8) is 0 Å². The molecule has 0 bridgehead atoms. The number of fused-ring (bicyclic) bond motifs is 6. The Bertz CT molecular complexity index is 2490. The average molecular weight is 619 g/mol. The van der Waals surface area contributed by atoms with E-state index in [0.29, 0.717) is 11.6 Å². The highest BCUT2D eigenvalue weighted by Gasteiger charge is 2.41. The van der Waals surface area contributed by atoms with Crippen molar-refractivity contribution < 1.29 is 0 Å². The molecule has 5 heteroatoms. The van der Waals surface area contributed by atoms with Gasteiger partial charge in [0, 0.05) is 33.0 Å². The van der Waals surface area contributed by atoms with Crippen molar-refractivity contribution in [1.29, 1.82) is 0 Å².